The van der Waals surface area contributed by atoms with Crippen LogP contribution in [0.3, 0.4) is 0 Å². The van der Waals surface area contributed by atoms with Crippen molar-refractivity contribution < 1.29 is 14.6 Å². The number of carbonyl (C=O) groups excluding carboxylic acids is 1. The second-order valence-corrected chi connectivity index (χ2v) is 10.3. The van der Waals surface area contributed by atoms with Crippen LogP contribution in [0.15, 0.2) is 41.5 Å². The van der Waals surface area contributed by atoms with Crippen LogP contribution in [0.4, 0.5) is 11.4 Å². The van der Waals surface area contributed by atoms with Gasteiger partial charge >= 0.3 is 0 Å². The molecule has 1 aromatic carbocycles. The molecule has 0 radical (unpaired) electrons. The zero-order chi connectivity index (χ0) is 25.0. The Labute approximate surface area is 217 Å². The molecule has 36 heavy (non-hydrogen) atoms. The van der Waals surface area contributed by atoms with Gasteiger partial charge in [0, 0.05) is 29.1 Å². The maximum Gasteiger partial charge on any atom is 0.274 e. The molecule has 1 atom stereocenters. The lowest BCUT2D eigenvalue weighted by Gasteiger charge is -2.24. The molecule has 2 fully saturated rings. The zero-order valence-electron chi connectivity index (χ0n) is 19.5. The van der Waals surface area contributed by atoms with Gasteiger partial charge in [-0.05, 0) is 61.4 Å². The molecule has 186 valence electrons. The molecule has 2 aromatic heterocycles. The molecule has 0 spiro atoms. The number of nitrogens with one attached hydrogen (secondary N) is 2. The predicted molar refractivity (Wildman–Crippen MR) is 136 cm³/mol. The standard InChI is InChI=1S/C25H24Cl2N6O3/c1-36-21-10-13-9-18(15(11-17(13)29-21)23(34)31-25(6-7-25)14-4-5-14)30-24(35)19-12-20(27)32-33(19)22-16(26)3-2-8-28-22/h2-3,8-9,11-12,14,23,31,34H,4-7,10H2,1H3,(H,30,35). The smallest absolute Gasteiger partial charge is 0.274 e. The van der Waals surface area contributed by atoms with Crippen LogP contribution in [-0.2, 0) is 11.2 Å². The Kier molecular flexibility index (Phi) is 5.75. The summed E-state index contributed by atoms with van der Waals surface area (Å²) in [5.74, 6) is 0.981. The van der Waals surface area contributed by atoms with E-state index in [-0.39, 0.29) is 22.2 Å². The molecule has 2 saturated carbocycles. The molecule has 1 amide bonds. The van der Waals surface area contributed by atoms with E-state index in [2.05, 4.69) is 25.7 Å². The summed E-state index contributed by atoms with van der Waals surface area (Å²) in [6.45, 7) is 0. The fourth-order valence-electron chi connectivity index (χ4n) is 4.87. The minimum atomic E-state index is -0.978. The quantitative estimate of drug-likeness (QED) is 0.388. The molecule has 3 heterocycles. The molecule has 9 nitrogen and oxygen atoms in total. The van der Waals surface area contributed by atoms with Crippen LogP contribution in [0.25, 0.3) is 5.82 Å². The molecule has 6 rings (SSSR count). The van der Waals surface area contributed by atoms with Crippen LogP contribution in [0.2, 0.25) is 10.2 Å². The average molecular weight is 527 g/mol. The van der Waals surface area contributed by atoms with Crippen LogP contribution in [0.1, 0.15) is 53.5 Å². The van der Waals surface area contributed by atoms with Gasteiger partial charge in [-0.25, -0.2) is 14.7 Å². The minimum absolute atomic E-state index is 0.0253. The van der Waals surface area contributed by atoms with E-state index >= 15 is 0 Å². The first-order chi connectivity index (χ1) is 17.4. The number of ether oxygens (including phenoxy) is 1. The van der Waals surface area contributed by atoms with Crippen molar-refractivity contribution in [1.82, 2.24) is 20.1 Å². The fourth-order valence-corrected chi connectivity index (χ4v) is 5.25. The number of aliphatic hydroxyl groups excluding tert-OH is 1. The highest BCUT2D eigenvalue weighted by atomic mass is 35.5. The summed E-state index contributed by atoms with van der Waals surface area (Å²) in [6.07, 6.45) is 5.50. The van der Waals surface area contributed by atoms with Gasteiger partial charge in [-0.15, -0.1) is 0 Å². The average Bonchev–Trinajstić information content (AvgIpc) is 3.77. The summed E-state index contributed by atoms with van der Waals surface area (Å²) < 4.78 is 6.64. The van der Waals surface area contributed by atoms with Crippen LogP contribution >= 0.6 is 23.2 Å². The normalized spacial score (nSPS) is 18.4. The number of aliphatic hydroxyl groups is 1. The number of aliphatic imine (C=N–C) groups is 1. The number of carbonyl (C=O) groups is 1. The summed E-state index contributed by atoms with van der Waals surface area (Å²) in [5.41, 5.74) is 2.73. The number of hydrogen-bond acceptors (Lipinski definition) is 7. The Morgan fingerprint density at radius 2 is 2.08 bits per heavy atom. The highest BCUT2D eigenvalue weighted by molar-refractivity contribution is 6.32. The third-order valence-corrected chi connectivity index (χ3v) is 7.52. The summed E-state index contributed by atoms with van der Waals surface area (Å²) in [7, 11) is 1.57. The number of methoxy groups -OCH3 is 1. The van der Waals surface area contributed by atoms with Gasteiger partial charge in [-0.3, -0.25) is 10.1 Å². The van der Waals surface area contributed by atoms with E-state index in [1.165, 1.54) is 23.6 Å². The van der Waals surface area contributed by atoms with Gasteiger partial charge in [0.1, 0.15) is 11.9 Å². The number of aromatic nitrogens is 3. The van der Waals surface area contributed by atoms with E-state index < -0.39 is 12.1 Å². The number of hydrogen-bond donors (Lipinski definition) is 3. The second-order valence-electron chi connectivity index (χ2n) is 9.46. The van der Waals surface area contributed by atoms with Crippen LogP contribution in [0, 0.1) is 5.92 Å². The van der Waals surface area contributed by atoms with Crippen molar-refractivity contribution in [1.29, 1.82) is 0 Å². The SMILES string of the molecule is COC1=Nc2cc(C(O)NC3(C4CC4)CC3)c(NC(=O)c3cc(Cl)nn3-c3ncccc3Cl)cc2C1. The van der Waals surface area contributed by atoms with E-state index in [4.69, 9.17) is 27.9 Å². The van der Waals surface area contributed by atoms with Crippen molar-refractivity contribution in [3.63, 3.8) is 0 Å². The summed E-state index contributed by atoms with van der Waals surface area (Å²) in [4.78, 5) is 22.2. The van der Waals surface area contributed by atoms with E-state index in [9.17, 15) is 9.90 Å². The van der Waals surface area contributed by atoms with E-state index in [0.717, 1.165) is 18.4 Å². The van der Waals surface area contributed by atoms with Gasteiger partial charge in [0.25, 0.3) is 5.91 Å². The highest BCUT2D eigenvalue weighted by Crippen LogP contribution is 2.54. The molecule has 3 N–H and O–H groups in total. The van der Waals surface area contributed by atoms with Crippen molar-refractivity contribution in [2.45, 2.75) is 43.9 Å². The number of rotatable bonds is 7. The van der Waals surface area contributed by atoms with Gasteiger partial charge < -0.3 is 15.2 Å². The lowest BCUT2D eigenvalue weighted by atomic mass is 10.0. The topological polar surface area (TPSA) is 114 Å². The molecule has 3 aliphatic rings. The van der Waals surface area contributed by atoms with Crippen molar-refractivity contribution in [2.75, 3.05) is 12.4 Å². The first-order valence-corrected chi connectivity index (χ1v) is 12.5. The number of benzene rings is 1. The van der Waals surface area contributed by atoms with Crippen molar-refractivity contribution in [3.05, 3.63) is 63.5 Å². The van der Waals surface area contributed by atoms with Gasteiger partial charge in [0.15, 0.2) is 16.9 Å². The summed E-state index contributed by atoms with van der Waals surface area (Å²) in [5, 5.41) is 22.3. The molecule has 1 aliphatic heterocycles. The molecular formula is C25H24Cl2N6O3. The van der Waals surface area contributed by atoms with Gasteiger partial charge in [0.2, 0.25) is 0 Å². The Balaban J connectivity index is 1.34. The first kappa shape index (κ1) is 23.4. The van der Waals surface area contributed by atoms with Gasteiger partial charge in [0.05, 0.1) is 24.2 Å². The second kappa shape index (κ2) is 8.85. The molecule has 3 aromatic rings. The minimum Gasteiger partial charge on any atom is -0.484 e. The Hall–Kier alpha value is -2.98. The summed E-state index contributed by atoms with van der Waals surface area (Å²) in [6, 6.07) is 8.42. The third kappa shape index (κ3) is 4.26. The van der Waals surface area contributed by atoms with Crippen LogP contribution in [0.5, 0.6) is 0 Å². The van der Waals surface area contributed by atoms with Gasteiger partial charge in [-0.2, -0.15) is 5.10 Å². The molecule has 2 aliphatic carbocycles. The van der Waals surface area contributed by atoms with E-state index in [0.29, 0.717) is 40.2 Å². The van der Waals surface area contributed by atoms with Crippen LogP contribution < -0.4 is 10.6 Å². The zero-order valence-corrected chi connectivity index (χ0v) is 21.0. The summed E-state index contributed by atoms with van der Waals surface area (Å²) >= 11 is 12.5. The predicted octanol–water partition coefficient (Wildman–Crippen LogP) is 4.58. The number of amides is 1. The number of pyridine rings is 1. The largest absolute Gasteiger partial charge is 0.484 e. The number of nitrogens with zero attached hydrogens (tertiary/aromatic N) is 4. The van der Waals surface area contributed by atoms with Crippen molar-refractivity contribution >= 4 is 46.4 Å². The molecule has 1 unspecified atom stereocenters. The lowest BCUT2D eigenvalue weighted by Crippen LogP contribution is -2.37. The van der Waals surface area contributed by atoms with Crippen LogP contribution in [-0.4, -0.2) is 44.3 Å². The maximum absolute atomic E-state index is 13.5. The number of fused-ring (bicyclic) bond motifs is 1. The van der Waals surface area contributed by atoms with Gasteiger partial charge in [-0.1, -0.05) is 23.2 Å². The monoisotopic (exact) mass is 526 g/mol. The molecule has 11 heteroatoms. The Morgan fingerprint density at radius 3 is 2.78 bits per heavy atom. The molecular weight excluding hydrogens is 503 g/mol. The first-order valence-electron chi connectivity index (χ1n) is 11.8. The number of halogens is 2. The van der Waals surface area contributed by atoms with E-state index in [1.807, 2.05) is 6.07 Å². The Morgan fingerprint density at radius 1 is 1.28 bits per heavy atom. The fraction of sp³-hybridized carbons (Fsp3) is 0.360. The van der Waals surface area contributed by atoms with E-state index in [1.54, 1.807) is 31.5 Å². The highest BCUT2D eigenvalue weighted by Gasteiger charge is 2.54. The maximum atomic E-state index is 13.5. The third-order valence-electron chi connectivity index (χ3n) is 7.04. The molecule has 0 bridgehead atoms. The molecule has 0 saturated heterocycles. The lowest BCUT2D eigenvalue weighted by molar-refractivity contribution is 0.101. The Bertz CT molecular complexity index is 1400. The number of anilines is 1. The van der Waals surface area contributed by atoms with Crippen molar-refractivity contribution in [2.24, 2.45) is 10.9 Å². The van der Waals surface area contributed by atoms with Crippen molar-refractivity contribution in [3.8, 4) is 5.82 Å².